The molecule has 1 atom stereocenters. The zero-order chi connectivity index (χ0) is 10.2. The number of aryl methyl sites for hydroxylation is 1. The number of benzene rings is 1. The second-order valence-corrected chi connectivity index (χ2v) is 4.45. The van der Waals surface area contributed by atoms with E-state index < -0.39 is 0 Å². The van der Waals surface area contributed by atoms with Gasteiger partial charge in [-0.1, -0.05) is 26.0 Å². The van der Waals surface area contributed by atoms with Crippen LogP contribution in [0.5, 0.6) is 0 Å². The third-order valence-electron chi connectivity index (χ3n) is 3.64. The van der Waals surface area contributed by atoms with Crippen molar-refractivity contribution in [2.24, 2.45) is 0 Å². The van der Waals surface area contributed by atoms with E-state index in [4.69, 9.17) is 0 Å². The molecule has 0 aliphatic heterocycles. The molecule has 1 aromatic rings. The molecule has 0 saturated heterocycles. The standard InChI is InChI=1S/C13H16O/c1-3-13(2)7-6-11-8-10(9-14)4-5-12(11)13/h4-5,8-9H,3,6-7H2,1-2H3. The highest BCUT2D eigenvalue weighted by atomic mass is 16.1. The SMILES string of the molecule is CCC1(C)CCc2cc(C=O)ccc21. The first-order valence-electron chi connectivity index (χ1n) is 5.28. The number of hydrogen-bond donors (Lipinski definition) is 0. The average molecular weight is 188 g/mol. The van der Waals surface area contributed by atoms with Gasteiger partial charge in [-0.25, -0.2) is 0 Å². The van der Waals surface area contributed by atoms with Crippen molar-refractivity contribution in [1.82, 2.24) is 0 Å². The average Bonchev–Trinajstić information content (AvgIpc) is 2.57. The lowest BCUT2D eigenvalue weighted by Crippen LogP contribution is -2.16. The number of hydrogen-bond acceptors (Lipinski definition) is 1. The van der Waals surface area contributed by atoms with Gasteiger partial charge in [0.15, 0.2) is 0 Å². The molecule has 0 amide bonds. The number of rotatable bonds is 2. The number of aldehydes is 1. The Morgan fingerprint density at radius 1 is 1.50 bits per heavy atom. The number of fused-ring (bicyclic) bond motifs is 1. The summed E-state index contributed by atoms with van der Waals surface area (Å²) in [4.78, 5) is 10.6. The molecule has 1 nitrogen and oxygen atoms in total. The van der Waals surface area contributed by atoms with Gasteiger partial charge in [-0.2, -0.15) is 0 Å². The molecule has 0 radical (unpaired) electrons. The van der Waals surface area contributed by atoms with E-state index in [1.165, 1.54) is 24.0 Å². The molecule has 2 rings (SSSR count). The van der Waals surface area contributed by atoms with Crippen molar-refractivity contribution in [3.05, 3.63) is 34.9 Å². The lowest BCUT2D eigenvalue weighted by molar-refractivity contribution is 0.112. The summed E-state index contributed by atoms with van der Waals surface area (Å²) in [6.45, 7) is 4.56. The summed E-state index contributed by atoms with van der Waals surface area (Å²) >= 11 is 0. The molecule has 0 saturated carbocycles. The fourth-order valence-corrected chi connectivity index (χ4v) is 2.40. The molecule has 1 heteroatoms. The smallest absolute Gasteiger partial charge is 0.150 e. The topological polar surface area (TPSA) is 17.1 Å². The summed E-state index contributed by atoms with van der Waals surface area (Å²) in [5.41, 5.74) is 3.98. The summed E-state index contributed by atoms with van der Waals surface area (Å²) in [5.74, 6) is 0. The van der Waals surface area contributed by atoms with Crippen molar-refractivity contribution in [2.45, 2.75) is 38.5 Å². The van der Waals surface area contributed by atoms with Gasteiger partial charge >= 0.3 is 0 Å². The van der Waals surface area contributed by atoms with Gasteiger partial charge in [0.05, 0.1) is 0 Å². The van der Waals surface area contributed by atoms with E-state index in [9.17, 15) is 4.79 Å². The van der Waals surface area contributed by atoms with Crippen LogP contribution >= 0.6 is 0 Å². The van der Waals surface area contributed by atoms with Crippen molar-refractivity contribution in [2.75, 3.05) is 0 Å². The Morgan fingerprint density at radius 3 is 2.93 bits per heavy atom. The van der Waals surface area contributed by atoms with Crippen molar-refractivity contribution < 1.29 is 4.79 Å². The van der Waals surface area contributed by atoms with Crippen molar-refractivity contribution in [3.63, 3.8) is 0 Å². The van der Waals surface area contributed by atoms with Gasteiger partial charge in [0.1, 0.15) is 6.29 Å². The van der Waals surface area contributed by atoms with Crippen LogP contribution in [0.1, 0.15) is 48.2 Å². The van der Waals surface area contributed by atoms with Crippen molar-refractivity contribution in [1.29, 1.82) is 0 Å². The Hall–Kier alpha value is -1.11. The maximum atomic E-state index is 10.6. The van der Waals surface area contributed by atoms with Crippen LogP contribution in [0.25, 0.3) is 0 Å². The Labute approximate surface area is 85.1 Å². The highest BCUT2D eigenvalue weighted by Crippen LogP contribution is 2.41. The van der Waals surface area contributed by atoms with Gasteiger partial charge in [-0.15, -0.1) is 0 Å². The second-order valence-electron chi connectivity index (χ2n) is 4.45. The van der Waals surface area contributed by atoms with Crippen LogP contribution in [-0.2, 0) is 11.8 Å². The monoisotopic (exact) mass is 188 g/mol. The molecule has 1 unspecified atom stereocenters. The lowest BCUT2D eigenvalue weighted by atomic mass is 9.81. The molecule has 0 bridgehead atoms. The zero-order valence-electron chi connectivity index (χ0n) is 8.84. The van der Waals surface area contributed by atoms with E-state index in [2.05, 4.69) is 19.9 Å². The maximum Gasteiger partial charge on any atom is 0.150 e. The third kappa shape index (κ3) is 1.28. The van der Waals surface area contributed by atoms with Crippen molar-refractivity contribution >= 4 is 6.29 Å². The summed E-state index contributed by atoms with van der Waals surface area (Å²) in [6.07, 6.45) is 4.46. The summed E-state index contributed by atoms with van der Waals surface area (Å²) < 4.78 is 0. The minimum Gasteiger partial charge on any atom is -0.298 e. The highest BCUT2D eigenvalue weighted by Gasteiger charge is 2.32. The highest BCUT2D eigenvalue weighted by molar-refractivity contribution is 5.75. The Balaban J connectivity index is 2.48. The van der Waals surface area contributed by atoms with Gasteiger partial charge in [0, 0.05) is 5.56 Å². The predicted molar refractivity (Wildman–Crippen MR) is 57.8 cm³/mol. The van der Waals surface area contributed by atoms with Gasteiger partial charge in [0.2, 0.25) is 0 Å². The molecular formula is C13H16O. The van der Waals surface area contributed by atoms with Crippen LogP contribution in [0.2, 0.25) is 0 Å². The summed E-state index contributed by atoms with van der Waals surface area (Å²) in [5, 5.41) is 0. The minimum absolute atomic E-state index is 0.344. The van der Waals surface area contributed by atoms with E-state index in [0.29, 0.717) is 5.41 Å². The quantitative estimate of drug-likeness (QED) is 0.652. The van der Waals surface area contributed by atoms with E-state index in [1.54, 1.807) is 0 Å². The number of carbonyl (C=O) groups is 1. The number of carbonyl (C=O) groups excluding carboxylic acids is 1. The molecule has 14 heavy (non-hydrogen) atoms. The van der Waals surface area contributed by atoms with E-state index >= 15 is 0 Å². The van der Waals surface area contributed by atoms with Crippen LogP contribution in [0.4, 0.5) is 0 Å². The van der Waals surface area contributed by atoms with Gasteiger partial charge in [-0.3, -0.25) is 4.79 Å². The Morgan fingerprint density at radius 2 is 2.29 bits per heavy atom. The van der Waals surface area contributed by atoms with Crippen LogP contribution < -0.4 is 0 Å². The van der Waals surface area contributed by atoms with Gasteiger partial charge < -0.3 is 0 Å². The molecule has 1 aliphatic carbocycles. The summed E-state index contributed by atoms with van der Waals surface area (Å²) in [7, 11) is 0. The minimum atomic E-state index is 0.344. The van der Waals surface area contributed by atoms with Crippen LogP contribution in [0.3, 0.4) is 0 Å². The van der Waals surface area contributed by atoms with Crippen LogP contribution in [0.15, 0.2) is 18.2 Å². The first-order valence-corrected chi connectivity index (χ1v) is 5.28. The third-order valence-corrected chi connectivity index (χ3v) is 3.64. The fourth-order valence-electron chi connectivity index (χ4n) is 2.40. The second kappa shape index (κ2) is 3.23. The van der Waals surface area contributed by atoms with Crippen molar-refractivity contribution in [3.8, 4) is 0 Å². The van der Waals surface area contributed by atoms with E-state index in [1.807, 2.05) is 12.1 Å². The zero-order valence-corrected chi connectivity index (χ0v) is 8.84. The fraction of sp³-hybridized carbons (Fsp3) is 0.462. The normalized spacial score (nSPS) is 24.7. The molecule has 74 valence electrons. The molecule has 0 spiro atoms. The molecule has 0 heterocycles. The van der Waals surface area contributed by atoms with E-state index in [-0.39, 0.29) is 0 Å². The molecule has 0 fully saturated rings. The largest absolute Gasteiger partial charge is 0.298 e. The Kier molecular flexibility index (Phi) is 2.18. The first kappa shape index (κ1) is 9.45. The summed E-state index contributed by atoms with van der Waals surface area (Å²) in [6, 6.07) is 6.11. The van der Waals surface area contributed by atoms with Crippen LogP contribution in [0, 0.1) is 0 Å². The molecule has 0 N–H and O–H groups in total. The maximum absolute atomic E-state index is 10.6. The Bertz CT molecular complexity index is 367. The van der Waals surface area contributed by atoms with Gasteiger partial charge in [0.25, 0.3) is 0 Å². The first-order chi connectivity index (χ1) is 6.69. The van der Waals surface area contributed by atoms with Gasteiger partial charge in [-0.05, 0) is 41.9 Å². The molecular weight excluding hydrogens is 172 g/mol. The molecule has 1 aliphatic rings. The van der Waals surface area contributed by atoms with Crippen LogP contribution in [-0.4, -0.2) is 6.29 Å². The molecule has 1 aromatic carbocycles. The molecule has 0 aromatic heterocycles. The lowest BCUT2D eigenvalue weighted by Gasteiger charge is -2.23. The predicted octanol–water partition coefficient (Wildman–Crippen LogP) is 3.11. The van der Waals surface area contributed by atoms with E-state index in [0.717, 1.165) is 18.3 Å².